The Hall–Kier alpha value is -2.55. The van der Waals surface area contributed by atoms with Crippen LogP contribution < -0.4 is 4.74 Å². The fourth-order valence-corrected chi connectivity index (χ4v) is 3.41. The van der Waals surface area contributed by atoms with Crippen molar-refractivity contribution >= 4 is 29.1 Å². The third-order valence-corrected chi connectivity index (χ3v) is 4.77. The SMILES string of the molecule is OC(=S)Oc1ncnn1C[C@]1(c2cccc(F)c2)O[C@@H]1c1ccccc1Cl. The second-order valence-electron chi connectivity index (χ2n) is 5.99. The molecule has 0 bridgehead atoms. The number of aromatic nitrogens is 3. The molecule has 0 amide bonds. The van der Waals surface area contributed by atoms with Crippen LogP contribution in [-0.2, 0) is 16.9 Å². The predicted molar refractivity (Wildman–Crippen MR) is 99.2 cm³/mol. The first-order chi connectivity index (χ1) is 13.0. The maximum Gasteiger partial charge on any atom is 0.357 e. The van der Waals surface area contributed by atoms with E-state index in [9.17, 15) is 9.50 Å². The number of hydrogen-bond donors (Lipinski definition) is 1. The molecule has 9 heteroatoms. The van der Waals surface area contributed by atoms with E-state index in [1.165, 1.54) is 23.1 Å². The van der Waals surface area contributed by atoms with Gasteiger partial charge < -0.3 is 14.6 Å². The molecule has 138 valence electrons. The van der Waals surface area contributed by atoms with Crippen molar-refractivity contribution in [3.05, 3.63) is 76.8 Å². The minimum atomic E-state index is -0.921. The van der Waals surface area contributed by atoms with E-state index in [4.69, 9.17) is 21.1 Å². The molecule has 4 rings (SSSR count). The quantitative estimate of drug-likeness (QED) is 0.511. The van der Waals surface area contributed by atoms with E-state index in [1.54, 1.807) is 18.2 Å². The van der Waals surface area contributed by atoms with E-state index < -0.39 is 16.9 Å². The zero-order valence-corrected chi connectivity index (χ0v) is 15.3. The van der Waals surface area contributed by atoms with E-state index in [-0.39, 0.29) is 18.4 Å². The van der Waals surface area contributed by atoms with Crippen LogP contribution >= 0.6 is 23.8 Å². The van der Waals surface area contributed by atoms with Crippen LogP contribution in [0.2, 0.25) is 5.02 Å². The number of halogens is 2. The minimum Gasteiger partial charge on any atom is -0.472 e. The number of thiocarbonyl (C=S) groups is 1. The summed E-state index contributed by atoms with van der Waals surface area (Å²) >= 11 is 10.9. The van der Waals surface area contributed by atoms with Gasteiger partial charge in [-0.15, -0.1) is 0 Å². The number of hydrogen-bond acceptors (Lipinski definition) is 5. The highest BCUT2D eigenvalue weighted by atomic mass is 35.5. The third kappa shape index (κ3) is 3.39. The maximum absolute atomic E-state index is 13.9. The van der Waals surface area contributed by atoms with E-state index in [2.05, 4.69) is 22.3 Å². The number of rotatable bonds is 5. The lowest BCUT2D eigenvalue weighted by Gasteiger charge is -2.15. The van der Waals surface area contributed by atoms with Gasteiger partial charge in [0.15, 0.2) is 0 Å². The third-order valence-electron chi connectivity index (χ3n) is 4.34. The van der Waals surface area contributed by atoms with Crippen LogP contribution in [-0.4, -0.2) is 25.1 Å². The summed E-state index contributed by atoms with van der Waals surface area (Å²) in [5, 5.41) is 13.2. The van der Waals surface area contributed by atoms with E-state index in [1.807, 2.05) is 18.2 Å². The number of epoxide rings is 1. The van der Waals surface area contributed by atoms with Crippen molar-refractivity contribution in [2.24, 2.45) is 0 Å². The molecule has 3 aromatic rings. The molecule has 0 spiro atoms. The Morgan fingerprint density at radius 1 is 1.33 bits per heavy atom. The summed E-state index contributed by atoms with van der Waals surface area (Å²) in [5.41, 5.74) is 0.486. The average molecular weight is 406 g/mol. The topological polar surface area (TPSA) is 72.7 Å². The zero-order valence-electron chi connectivity index (χ0n) is 13.8. The molecule has 1 aliphatic heterocycles. The minimum absolute atomic E-state index is 0.00619. The number of aliphatic hydroxyl groups excluding tert-OH is 1. The van der Waals surface area contributed by atoms with E-state index in [0.717, 1.165) is 5.56 Å². The van der Waals surface area contributed by atoms with Crippen molar-refractivity contribution in [2.45, 2.75) is 18.2 Å². The summed E-state index contributed by atoms with van der Waals surface area (Å²) in [6, 6.07) is 13.5. The van der Waals surface area contributed by atoms with Crippen LogP contribution in [0, 0.1) is 5.82 Å². The Bertz CT molecular complexity index is 1010. The summed E-state index contributed by atoms with van der Waals surface area (Å²) in [6.07, 6.45) is 0.853. The first-order valence-corrected chi connectivity index (χ1v) is 8.75. The number of benzene rings is 2. The standard InChI is InChI=1S/C18H13ClFN3O3S/c19-14-7-2-1-6-13(14)15-18(26-15,11-4-3-5-12(20)8-11)9-23-16(21-10-22-23)25-17(24)27/h1-8,10,15H,9H2,(H,24,27)/t15-,18-/m1/s1. The predicted octanol–water partition coefficient (Wildman–Crippen LogP) is 3.96. The molecule has 0 radical (unpaired) electrons. The Kier molecular flexibility index (Phi) is 4.55. The molecule has 6 nitrogen and oxygen atoms in total. The highest BCUT2D eigenvalue weighted by Gasteiger charge is 2.60. The molecule has 27 heavy (non-hydrogen) atoms. The molecule has 1 aromatic heterocycles. The number of ether oxygens (including phenoxy) is 2. The van der Waals surface area contributed by atoms with Crippen LogP contribution in [0.5, 0.6) is 6.01 Å². The maximum atomic E-state index is 13.9. The highest BCUT2D eigenvalue weighted by molar-refractivity contribution is 7.79. The van der Waals surface area contributed by atoms with Gasteiger partial charge in [-0.2, -0.15) is 10.1 Å². The summed E-state index contributed by atoms with van der Waals surface area (Å²) in [4.78, 5) is 3.92. The monoisotopic (exact) mass is 405 g/mol. The Balaban J connectivity index is 1.74. The fraction of sp³-hybridized carbons (Fsp3) is 0.167. The first kappa shape index (κ1) is 17.8. The van der Waals surface area contributed by atoms with Crippen molar-refractivity contribution in [2.75, 3.05) is 0 Å². The van der Waals surface area contributed by atoms with Gasteiger partial charge in [0.1, 0.15) is 23.8 Å². The molecular formula is C18H13ClFN3O3S. The van der Waals surface area contributed by atoms with Crippen molar-refractivity contribution in [1.82, 2.24) is 14.8 Å². The molecule has 0 unspecified atom stereocenters. The van der Waals surface area contributed by atoms with Crippen LogP contribution in [0.4, 0.5) is 4.39 Å². The molecule has 1 saturated heterocycles. The molecular weight excluding hydrogens is 393 g/mol. The largest absolute Gasteiger partial charge is 0.472 e. The second kappa shape index (κ2) is 6.88. The van der Waals surface area contributed by atoms with Crippen LogP contribution in [0.25, 0.3) is 0 Å². The molecule has 2 aromatic carbocycles. The van der Waals surface area contributed by atoms with Gasteiger partial charge in [0.25, 0.3) is 0 Å². The van der Waals surface area contributed by atoms with E-state index >= 15 is 0 Å². The molecule has 0 saturated carbocycles. The van der Waals surface area contributed by atoms with Gasteiger partial charge in [0.05, 0.1) is 6.54 Å². The van der Waals surface area contributed by atoms with Gasteiger partial charge >= 0.3 is 11.2 Å². The normalized spacial score (nSPS) is 21.0. The molecule has 2 atom stereocenters. The first-order valence-electron chi connectivity index (χ1n) is 7.96. The van der Waals surface area contributed by atoms with Crippen molar-refractivity contribution in [3.8, 4) is 6.01 Å². The van der Waals surface area contributed by atoms with Gasteiger partial charge in [0.2, 0.25) is 0 Å². The van der Waals surface area contributed by atoms with Gasteiger partial charge in [-0.25, -0.2) is 9.07 Å². The van der Waals surface area contributed by atoms with Crippen molar-refractivity contribution < 1.29 is 19.0 Å². The summed E-state index contributed by atoms with van der Waals surface area (Å²) in [6.45, 7) is 0.157. The molecule has 1 fully saturated rings. The summed E-state index contributed by atoms with van der Waals surface area (Å²) < 4.78 is 26.3. The lowest BCUT2D eigenvalue weighted by Crippen LogP contribution is -2.21. The Labute approximate surface area is 164 Å². The van der Waals surface area contributed by atoms with Crippen LogP contribution in [0.3, 0.4) is 0 Å². The van der Waals surface area contributed by atoms with Gasteiger partial charge in [-0.3, -0.25) is 0 Å². The van der Waals surface area contributed by atoms with Gasteiger partial charge in [0, 0.05) is 22.8 Å². The Morgan fingerprint density at radius 3 is 2.89 bits per heavy atom. The summed E-state index contributed by atoms with van der Waals surface area (Å²) in [7, 11) is 0. The van der Waals surface area contributed by atoms with Crippen molar-refractivity contribution in [1.29, 1.82) is 0 Å². The Morgan fingerprint density at radius 2 is 2.15 bits per heavy atom. The molecule has 1 N–H and O–H groups in total. The smallest absolute Gasteiger partial charge is 0.357 e. The zero-order chi connectivity index (χ0) is 19.0. The highest BCUT2D eigenvalue weighted by Crippen LogP contribution is 2.59. The number of aliphatic hydroxyl groups is 1. The average Bonchev–Trinajstić information content (AvgIpc) is 3.20. The lowest BCUT2D eigenvalue weighted by atomic mass is 9.91. The fourth-order valence-electron chi connectivity index (χ4n) is 3.10. The summed E-state index contributed by atoms with van der Waals surface area (Å²) in [5.74, 6) is -0.383. The molecule has 0 aliphatic carbocycles. The van der Waals surface area contributed by atoms with Crippen molar-refractivity contribution in [3.63, 3.8) is 0 Å². The molecule has 2 heterocycles. The number of nitrogens with zero attached hydrogens (tertiary/aromatic N) is 3. The van der Waals surface area contributed by atoms with Crippen LogP contribution in [0.15, 0.2) is 54.9 Å². The lowest BCUT2D eigenvalue weighted by molar-refractivity contribution is 0.250. The second-order valence-corrected chi connectivity index (χ2v) is 6.74. The van der Waals surface area contributed by atoms with Gasteiger partial charge in [-0.1, -0.05) is 41.9 Å². The van der Waals surface area contributed by atoms with E-state index in [0.29, 0.717) is 10.6 Å². The molecule has 1 aliphatic rings. The van der Waals surface area contributed by atoms with Crippen LogP contribution in [0.1, 0.15) is 17.2 Å². The van der Waals surface area contributed by atoms with Gasteiger partial charge in [-0.05, 0) is 23.8 Å².